The van der Waals surface area contributed by atoms with Gasteiger partial charge in [-0.15, -0.1) is 0 Å². The summed E-state index contributed by atoms with van der Waals surface area (Å²) in [5.74, 6) is 0.499. The minimum Gasteiger partial charge on any atom is -0.495 e. The minimum absolute atomic E-state index is 0.340. The molecule has 0 bridgehead atoms. The fourth-order valence-corrected chi connectivity index (χ4v) is 3.30. The zero-order valence-electron chi connectivity index (χ0n) is 16.5. The molecule has 2 aromatic rings. The normalized spacial score (nSPS) is 12.8. The van der Waals surface area contributed by atoms with Gasteiger partial charge in [-0.2, -0.15) is 0 Å². The Hall–Kier alpha value is -3.22. The molecule has 7 nitrogen and oxygen atoms in total. The van der Waals surface area contributed by atoms with E-state index in [0.717, 1.165) is 16.7 Å². The average molecular weight is 384 g/mol. The molecule has 28 heavy (non-hydrogen) atoms. The molecule has 2 amide bonds. The number of hydrogen-bond donors (Lipinski definition) is 1. The first-order chi connectivity index (χ1) is 13.5. The molecule has 0 aliphatic carbocycles. The Balaban J connectivity index is 1.75. The van der Waals surface area contributed by atoms with Crippen molar-refractivity contribution in [3.63, 3.8) is 0 Å². The number of nitrogens with one attached hydrogen (secondary N) is 1. The summed E-state index contributed by atoms with van der Waals surface area (Å²) in [7, 11) is 4.68. The number of hydrogen-bond acceptors (Lipinski definition) is 5. The number of benzene rings is 2. The second-order valence-corrected chi connectivity index (χ2v) is 6.61. The van der Waals surface area contributed by atoms with E-state index < -0.39 is 11.8 Å². The Morgan fingerprint density at radius 3 is 2.21 bits per heavy atom. The van der Waals surface area contributed by atoms with E-state index in [4.69, 9.17) is 14.2 Å². The lowest BCUT2D eigenvalue weighted by molar-refractivity contribution is -0.143. The summed E-state index contributed by atoms with van der Waals surface area (Å²) < 4.78 is 15.9. The quantitative estimate of drug-likeness (QED) is 0.820. The summed E-state index contributed by atoms with van der Waals surface area (Å²) in [4.78, 5) is 26.7. The van der Waals surface area contributed by atoms with Gasteiger partial charge in [0.25, 0.3) is 0 Å². The predicted octanol–water partition coefficient (Wildman–Crippen LogP) is 2.54. The van der Waals surface area contributed by atoms with Crippen LogP contribution >= 0.6 is 0 Å². The maximum absolute atomic E-state index is 12.7. The molecule has 0 atom stereocenters. The van der Waals surface area contributed by atoms with Crippen LogP contribution in [0.1, 0.15) is 16.7 Å². The third-order valence-electron chi connectivity index (χ3n) is 4.80. The molecule has 2 aromatic carbocycles. The van der Waals surface area contributed by atoms with Gasteiger partial charge < -0.3 is 24.4 Å². The summed E-state index contributed by atoms with van der Waals surface area (Å²) in [6.07, 6.45) is 0.641. The fraction of sp³-hybridized carbons (Fsp3) is 0.333. The van der Waals surface area contributed by atoms with Crippen LogP contribution in [0.5, 0.6) is 17.2 Å². The Bertz CT molecular complexity index is 910. The molecular formula is C21H24N2O5. The van der Waals surface area contributed by atoms with E-state index in [1.54, 1.807) is 26.4 Å². The number of fused-ring (bicyclic) bond motifs is 1. The van der Waals surface area contributed by atoms with Gasteiger partial charge >= 0.3 is 11.8 Å². The summed E-state index contributed by atoms with van der Waals surface area (Å²) in [5.41, 5.74) is 3.46. The van der Waals surface area contributed by atoms with Crippen LogP contribution < -0.4 is 19.5 Å². The van der Waals surface area contributed by atoms with Gasteiger partial charge in [0.2, 0.25) is 0 Å². The largest absolute Gasteiger partial charge is 0.495 e. The summed E-state index contributed by atoms with van der Waals surface area (Å²) in [5, 5.41) is 2.66. The first-order valence-corrected chi connectivity index (χ1v) is 8.95. The van der Waals surface area contributed by atoms with Gasteiger partial charge in [0.05, 0.1) is 27.0 Å². The highest BCUT2D eigenvalue weighted by Crippen LogP contribution is 2.33. The molecule has 0 unspecified atom stereocenters. The number of anilines is 1. The highest BCUT2D eigenvalue weighted by Gasteiger charge is 2.27. The van der Waals surface area contributed by atoms with Crippen molar-refractivity contribution in [2.75, 3.05) is 33.2 Å². The first-order valence-electron chi connectivity index (χ1n) is 8.95. The number of amides is 2. The van der Waals surface area contributed by atoms with Crippen molar-refractivity contribution in [3.05, 3.63) is 47.0 Å². The number of rotatable bonds is 4. The molecule has 0 radical (unpaired) electrons. The molecule has 0 aromatic heterocycles. The zero-order chi connectivity index (χ0) is 20.3. The molecule has 148 valence electrons. The van der Waals surface area contributed by atoms with Gasteiger partial charge in [-0.25, -0.2) is 0 Å². The van der Waals surface area contributed by atoms with Gasteiger partial charge in [0.15, 0.2) is 11.5 Å². The van der Waals surface area contributed by atoms with Crippen molar-refractivity contribution in [3.8, 4) is 17.2 Å². The number of aryl methyl sites for hydroxylation is 1. The SMILES string of the molecule is COc1ccc(C)cc1NC(=O)C(=O)N1CCc2cc(OC)c(OC)cc2C1. The van der Waals surface area contributed by atoms with E-state index in [9.17, 15) is 9.59 Å². The second kappa shape index (κ2) is 8.21. The molecule has 0 spiro atoms. The number of carbonyl (C=O) groups is 2. The summed E-state index contributed by atoms with van der Waals surface area (Å²) >= 11 is 0. The van der Waals surface area contributed by atoms with Gasteiger partial charge in [-0.05, 0) is 54.3 Å². The molecule has 0 saturated heterocycles. The molecule has 3 rings (SSSR count). The van der Waals surface area contributed by atoms with Crippen molar-refractivity contribution in [1.29, 1.82) is 0 Å². The Morgan fingerprint density at radius 2 is 1.57 bits per heavy atom. The topological polar surface area (TPSA) is 77.1 Å². The molecule has 0 fully saturated rings. The molecule has 1 aliphatic heterocycles. The van der Waals surface area contributed by atoms with E-state index in [-0.39, 0.29) is 0 Å². The highest BCUT2D eigenvalue weighted by atomic mass is 16.5. The van der Waals surface area contributed by atoms with E-state index in [1.165, 1.54) is 12.0 Å². The van der Waals surface area contributed by atoms with E-state index in [0.29, 0.717) is 42.4 Å². The lowest BCUT2D eigenvalue weighted by Crippen LogP contribution is -2.42. The predicted molar refractivity (Wildman–Crippen MR) is 105 cm³/mol. The van der Waals surface area contributed by atoms with Crippen LogP contribution in [0.4, 0.5) is 5.69 Å². The van der Waals surface area contributed by atoms with Gasteiger partial charge in [0, 0.05) is 13.1 Å². The number of ether oxygens (including phenoxy) is 3. The van der Waals surface area contributed by atoms with Crippen LogP contribution in [0.15, 0.2) is 30.3 Å². The maximum atomic E-state index is 12.7. The highest BCUT2D eigenvalue weighted by molar-refractivity contribution is 6.39. The maximum Gasteiger partial charge on any atom is 0.314 e. The molecule has 7 heteroatoms. The number of carbonyl (C=O) groups excluding carboxylic acids is 2. The van der Waals surface area contributed by atoms with E-state index in [2.05, 4.69) is 5.32 Å². The van der Waals surface area contributed by atoms with Gasteiger partial charge in [-0.3, -0.25) is 9.59 Å². The minimum atomic E-state index is -0.687. The molecule has 1 aliphatic rings. The Kier molecular flexibility index (Phi) is 5.73. The van der Waals surface area contributed by atoms with Crippen molar-refractivity contribution in [1.82, 2.24) is 4.90 Å². The van der Waals surface area contributed by atoms with Crippen molar-refractivity contribution < 1.29 is 23.8 Å². The third kappa shape index (κ3) is 3.88. The van der Waals surface area contributed by atoms with Gasteiger partial charge in [-0.1, -0.05) is 6.07 Å². The third-order valence-corrected chi connectivity index (χ3v) is 4.80. The first kappa shape index (κ1) is 19.5. The molecule has 1 heterocycles. The molecular weight excluding hydrogens is 360 g/mol. The van der Waals surface area contributed by atoms with Crippen molar-refractivity contribution in [2.45, 2.75) is 19.9 Å². The van der Waals surface area contributed by atoms with Crippen LogP contribution in [0.2, 0.25) is 0 Å². The van der Waals surface area contributed by atoms with Gasteiger partial charge in [0.1, 0.15) is 5.75 Å². The number of nitrogens with zero attached hydrogens (tertiary/aromatic N) is 1. The number of methoxy groups -OCH3 is 3. The molecule has 1 N–H and O–H groups in total. The summed E-state index contributed by atoms with van der Waals surface area (Å²) in [6, 6.07) is 9.18. The van der Waals surface area contributed by atoms with Crippen molar-refractivity contribution >= 4 is 17.5 Å². The fourth-order valence-electron chi connectivity index (χ4n) is 3.30. The zero-order valence-corrected chi connectivity index (χ0v) is 16.5. The van der Waals surface area contributed by atoms with E-state index in [1.807, 2.05) is 25.1 Å². The van der Waals surface area contributed by atoms with E-state index >= 15 is 0 Å². The van der Waals surface area contributed by atoms with Crippen molar-refractivity contribution in [2.24, 2.45) is 0 Å². The van der Waals surface area contributed by atoms with Crippen LogP contribution in [-0.4, -0.2) is 44.6 Å². The lowest BCUT2D eigenvalue weighted by atomic mass is 9.98. The standard InChI is InChI=1S/C21H24N2O5/c1-13-5-6-17(26-2)16(9-13)22-20(24)21(25)23-8-7-14-10-18(27-3)19(28-4)11-15(14)12-23/h5-6,9-11H,7-8,12H2,1-4H3,(H,22,24). The molecule has 0 saturated carbocycles. The lowest BCUT2D eigenvalue weighted by Gasteiger charge is -2.29. The summed E-state index contributed by atoms with van der Waals surface area (Å²) in [6.45, 7) is 2.70. The second-order valence-electron chi connectivity index (χ2n) is 6.61. The average Bonchev–Trinajstić information content (AvgIpc) is 2.71. The van der Waals surface area contributed by atoms with Crippen LogP contribution in [0, 0.1) is 6.92 Å². The van der Waals surface area contributed by atoms with Crippen LogP contribution in [0.25, 0.3) is 0 Å². The smallest absolute Gasteiger partial charge is 0.314 e. The Morgan fingerprint density at radius 1 is 0.929 bits per heavy atom. The van der Waals surface area contributed by atoms with Crippen LogP contribution in [-0.2, 0) is 22.6 Å². The monoisotopic (exact) mass is 384 g/mol. The Labute approximate surface area is 164 Å². The van der Waals surface area contributed by atoms with Crippen LogP contribution in [0.3, 0.4) is 0 Å².